The highest BCUT2D eigenvalue weighted by atomic mass is 32.1. The lowest BCUT2D eigenvalue weighted by Gasteiger charge is -2.04. The lowest BCUT2D eigenvalue weighted by atomic mass is 10.2. The fourth-order valence-corrected chi connectivity index (χ4v) is 2.23. The third-order valence-electron chi connectivity index (χ3n) is 2.72. The molecule has 0 atom stereocenters. The molecule has 1 aromatic carbocycles. The van der Waals surface area contributed by atoms with Crippen molar-refractivity contribution in [2.45, 2.75) is 6.61 Å². The fourth-order valence-electron chi connectivity index (χ4n) is 1.77. The summed E-state index contributed by atoms with van der Waals surface area (Å²) in [6.07, 6.45) is 1.69. The van der Waals surface area contributed by atoms with Crippen LogP contribution in [0.3, 0.4) is 0 Å². The van der Waals surface area contributed by atoms with Crippen molar-refractivity contribution in [2.24, 2.45) is 0 Å². The minimum Gasteiger partial charge on any atom is -0.483 e. The highest BCUT2D eigenvalue weighted by Crippen LogP contribution is 2.34. The minimum atomic E-state index is 0.523. The summed E-state index contributed by atoms with van der Waals surface area (Å²) in [6, 6.07) is 15.5. The van der Waals surface area contributed by atoms with E-state index in [9.17, 15) is 0 Å². The van der Waals surface area contributed by atoms with Crippen molar-refractivity contribution in [3.8, 4) is 17.4 Å². The van der Waals surface area contributed by atoms with Gasteiger partial charge < -0.3 is 9.47 Å². The van der Waals surface area contributed by atoms with Gasteiger partial charge in [-0.05, 0) is 29.0 Å². The van der Waals surface area contributed by atoms with Crippen molar-refractivity contribution in [3.05, 3.63) is 71.1 Å². The van der Waals surface area contributed by atoms with Crippen LogP contribution in [-0.4, -0.2) is 4.98 Å². The molecule has 0 saturated carbocycles. The van der Waals surface area contributed by atoms with Gasteiger partial charge in [0.2, 0.25) is 0 Å². The van der Waals surface area contributed by atoms with Crippen molar-refractivity contribution in [2.75, 3.05) is 0 Å². The molecule has 0 spiro atoms. The molecule has 3 nitrogen and oxygen atoms in total. The van der Waals surface area contributed by atoms with E-state index in [1.165, 1.54) is 0 Å². The van der Waals surface area contributed by atoms with Crippen molar-refractivity contribution < 1.29 is 9.47 Å². The molecule has 100 valence electrons. The molecule has 0 saturated heterocycles. The average molecular weight is 283 g/mol. The summed E-state index contributed by atoms with van der Waals surface area (Å²) < 4.78 is 11.3. The second-order valence-corrected chi connectivity index (χ2v) is 4.91. The van der Waals surface area contributed by atoms with Crippen LogP contribution in [0.4, 0.5) is 0 Å². The zero-order valence-electron chi connectivity index (χ0n) is 10.7. The number of pyridine rings is 1. The molecule has 3 heterocycles. The summed E-state index contributed by atoms with van der Waals surface area (Å²) >= 11 is 1.71. The Morgan fingerprint density at radius 3 is 2.50 bits per heavy atom. The van der Waals surface area contributed by atoms with Gasteiger partial charge >= 0.3 is 0 Å². The number of hydrogen-bond donors (Lipinski definition) is 0. The van der Waals surface area contributed by atoms with Crippen molar-refractivity contribution in [1.29, 1.82) is 0 Å². The lowest BCUT2D eigenvalue weighted by molar-refractivity contribution is 0.305. The number of aromatic nitrogens is 1. The van der Waals surface area contributed by atoms with Crippen LogP contribution in [-0.2, 0) is 6.61 Å². The van der Waals surface area contributed by atoms with Crippen molar-refractivity contribution >= 4 is 11.3 Å². The molecule has 0 aliphatic carbocycles. The Morgan fingerprint density at radius 1 is 0.900 bits per heavy atom. The maximum absolute atomic E-state index is 5.67. The first-order valence-electron chi connectivity index (χ1n) is 6.24. The van der Waals surface area contributed by atoms with E-state index in [1.807, 2.05) is 59.3 Å². The van der Waals surface area contributed by atoms with Crippen LogP contribution in [0.5, 0.6) is 17.4 Å². The van der Waals surface area contributed by atoms with E-state index in [2.05, 4.69) is 4.98 Å². The molecule has 1 aliphatic rings. The summed E-state index contributed by atoms with van der Waals surface area (Å²) in [7, 11) is 0. The Bertz CT molecular complexity index is 605. The third kappa shape index (κ3) is 2.97. The van der Waals surface area contributed by atoms with Gasteiger partial charge in [0.05, 0.1) is 0 Å². The largest absolute Gasteiger partial charge is 0.483 e. The number of thiophene rings is 1. The molecule has 2 aromatic heterocycles. The molecule has 0 amide bonds. The zero-order valence-corrected chi connectivity index (χ0v) is 11.5. The van der Waals surface area contributed by atoms with E-state index in [-0.39, 0.29) is 0 Å². The van der Waals surface area contributed by atoms with Gasteiger partial charge in [-0.25, -0.2) is 4.98 Å². The Kier molecular flexibility index (Phi) is 3.94. The highest BCUT2D eigenvalue weighted by Gasteiger charge is 2.15. The Labute approximate surface area is 121 Å². The molecule has 0 fully saturated rings. The number of rotatable bonds is 0. The summed E-state index contributed by atoms with van der Waals surface area (Å²) in [5.74, 6) is 2.03. The van der Waals surface area contributed by atoms with Crippen molar-refractivity contribution in [1.82, 2.24) is 4.98 Å². The first-order chi connectivity index (χ1) is 9.93. The first-order valence-corrected chi connectivity index (χ1v) is 7.18. The molecule has 0 bridgehead atoms. The van der Waals surface area contributed by atoms with Gasteiger partial charge in [0.25, 0.3) is 5.88 Å². The molecule has 1 aliphatic heterocycles. The zero-order chi connectivity index (χ0) is 13.6. The van der Waals surface area contributed by atoms with E-state index in [1.54, 1.807) is 17.5 Å². The van der Waals surface area contributed by atoms with E-state index in [4.69, 9.17) is 9.47 Å². The summed E-state index contributed by atoms with van der Waals surface area (Å²) in [5, 5.41) is 4.08. The van der Waals surface area contributed by atoms with Crippen LogP contribution in [0.1, 0.15) is 5.56 Å². The molecule has 3 aromatic rings. The predicted molar refractivity (Wildman–Crippen MR) is 79.4 cm³/mol. The predicted octanol–water partition coefficient (Wildman–Crippen LogP) is 4.51. The average Bonchev–Trinajstić information content (AvgIpc) is 3.02. The lowest BCUT2D eigenvalue weighted by Crippen LogP contribution is -1.92. The molecule has 4 heteroatoms. The van der Waals surface area contributed by atoms with E-state index in [0.29, 0.717) is 18.2 Å². The van der Waals surface area contributed by atoms with E-state index < -0.39 is 0 Å². The maximum Gasteiger partial charge on any atom is 0.262 e. The highest BCUT2D eigenvalue weighted by molar-refractivity contribution is 7.07. The van der Waals surface area contributed by atoms with Crippen LogP contribution in [0.15, 0.2) is 65.5 Å². The number of para-hydroxylation sites is 1. The van der Waals surface area contributed by atoms with Gasteiger partial charge in [0.15, 0.2) is 5.75 Å². The number of nitrogens with zero attached hydrogens (tertiary/aromatic N) is 1. The topological polar surface area (TPSA) is 31.4 Å². The number of hydrogen-bond acceptors (Lipinski definition) is 4. The number of benzene rings is 1. The molecule has 0 radical (unpaired) electrons. The Hall–Kier alpha value is -2.33. The minimum absolute atomic E-state index is 0.523. The van der Waals surface area contributed by atoms with Gasteiger partial charge in [-0.1, -0.05) is 30.3 Å². The SMILES string of the molecule is c1ccc2c(c1)COc1cccnc1O2.c1ccsc1. The van der Waals surface area contributed by atoms with E-state index in [0.717, 1.165) is 11.3 Å². The van der Waals surface area contributed by atoms with E-state index >= 15 is 0 Å². The van der Waals surface area contributed by atoms with Crippen LogP contribution >= 0.6 is 11.3 Å². The molecule has 4 rings (SSSR count). The summed E-state index contributed by atoms with van der Waals surface area (Å²) in [5.41, 5.74) is 1.04. The third-order valence-corrected chi connectivity index (χ3v) is 3.35. The summed E-state index contributed by atoms with van der Waals surface area (Å²) in [4.78, 5) is 4.13. The first kappa shape index (κ1) is 12.7. The monoisotopic (exact) mass is 283 g/mol. The van der Waals surface area contributed by atoms with Gasteiger partial charge in [-0.2, -0.15) is 11.3 Å². The Morgan fingerprint density at radius 2 is 1.70 bits per heavy atom. The fraction of sp³-hybridized carbons (Fsp3) is 0.0625. The smallest absolute Gasteiger partial charge is 0.262 e. The molecule has 0 N–H and O–H groups in total. The second kappa shape index (κ2) is 6.21. The van der Waals surface area contributed by atoms with Gasteiger partial charge in [-0.15, -0.1) is 0 Å². The number of ether oxygens (including phenoxy) is 2. The Balaban J connectivity index is 0.000000205. The van der Waals surface area contributed by atoms with Crippen LogP contribution in [0, 0.1) is 0 Å². The summed E-state index contributed by atoms with van der Waals surface area (Å²) in [6.45, 7) is 0.523. The molecular formula is C16H13NO2S. The second-order valence-electron chi connectivity index (χ2n) is 4.10. The van der Waals surface area contributed by atoms with Crippen LogP contribution in [0.25, 0.3) is 0 Å². The number of fused-ring (bicyclic) bond motifs is 2. The van der Waals surface area contributed by atoms with Gasteiger partial charge in [-0.3, -0.25) is 0 Å². The maximum atomic E-state index is 5.67. The standard InChI is InChI=1S/C12H9NO2.C4H4S/c1-2-5-10-9(4-1)8-14-11-6-3-7-13-12(11)15-10;1-2-4-5-3-1/h1-7H,8H2;1-4H. The van der Waals surface area contributed by atoms with Crippen molar-refractivity contribution in [3.63, 3.8) is 0 Å². The van der Waals surface area contributed by atoms with Gasteiger partial charge in [0, 0.05) is 11.8 Å². The molecular weight excluding hydrogens is 270 g/mol. The molecule has 0 unspecified atom stereocenters. The quantitative estimate of drug-likeness (QED) is 0.608. The van der Waals surface area contributed by atoms with Gasteiger partial charge in [0.1, 0.15) is 12.4 Å². The molecule has 20 heavy (non-hydrogen) atoms. The normalized spacial score (nSPS) is 11.6. The van der Waals surface area contributed by atoms with Crippen LogP contribution in [0.2, 0.25) is 0 Å². The van der Waals surface area contributed by atoms with Crippen LogP contribution < -0.4 is 9.47 Å².